The highest BCUT2D eigenvalue weighted by Crippen LogP contribution is 2.26. The standard InChI is InChI=1S/C17H18N2O/c1-12-6-4-7-13(2)17(12)16(11-18)19-14-8-5-9-15(10-14)20-3/h4-10,16,19H,1-3H3. The molecule has 0 aromatic heterocycles. The fraction of sp³-hybridized carbons (Fsp3) is 0.235. The Kier molecular flexibility index (Phi) is 4.27. The minimum absolute atomic E-state index is 0.372. The van der Waals surface area contributed by atoms with E-state index >= 15 is 0 Å². The zero-order valence-corrected chi connectivity index (χ0v) is 12.0. The first kappa shape index (κ1) is 14.0. The Morgan fingerprint density at radius 2 is 1.75 bits per heavy atom. The third-order valence-corrected chi connectivity index (χ3v) is 3.34. The molecule has 0 radical (unpaired) electrons. The summed E-state index contributed by atoms with van der Waals surface area (Å²) in [7, 11) is 1.63. The topological polar surface area (TPSA) is 45.0 Å². The van der Waals surface area contributed by atoms with Crippen molar-refractivity contribution in [2.24, 2.45) is 0 Å². The van der Waals surface area contributed by atoms with Crippen LogP contribution in [0.25, 0.3) is 0 Å². The van der Waals surface area contributed by atoms with Crippen molar-refractivity contribution in [3.8, 4) is 11.8 Å². The van der Waals surface area contributed by atoms with Gasteiger partial charge in [-0.25, -0.2) is 0 Å². The van der Waals surface area contributed by atoms with Gasteiger partial charge in [0, 0.05) is 11.8 Å². The number of hydrogen-bond acceptors (Lipinski definition) is 3. The predicted molar refractivity (Wildman–Crippen MR) is 80.9 cm³/mol. The zero-order valence-electron chi connectivity index (χ0n) is 12.0. The van der Waals surface area contributed by atoms with Gasteiger partial charge >= 0.3 is 0 Å². The summed E-state index contributed by atoms with van der Waals surface area (Å²) in [6.07, 6.45) is 0. The maximum atomic E-state index is 9.47. The molecule has 2 aromatic rings. The minimum Gasteiger partial charge on any atom is -0.497 e. The molecule has 0 spiro atoms. The van der Waals surface area contributed by atoms with E-state index in [1.807, 2.05) is 56.3 Å². The van der Waals surface area contributed by atoms with Crippen molar-refractivity contribution < 1.29 is 4.74 Å². The smallest absolute Gasteiger partial charge is 0.140 e. The molecule has 102 valence electrons. The number of ether oxygens (including phenoxy) is 1. The van der Waals surface area contributed by atoms with Gasteiger partial charge in [0.1, 0.15) is 11.8 Å². The van der Waals surface area contributed by atoms with Crippen LogP contribution in [-0.4, -0.2) is 7.11 Å². The lowest BCUT2D eigenvalue weighted by Gasteiger charge is -2.18. The second kappa shape index (κ2) is 6.12. The monoisotopic (exact) mass is 266 g/mol. The number of rotatable bonds is 4. The lowest BCUT2D eigenvalue weighted by Crippen LogP contribution is -2.11. The highest BCUT2D eigenvalue weighted by Gasteiger charge is 2.15. The highest BCUT2D eigenvalue weighted by atomic mass is 16.5. The van der Waals surface area contributed by atoms with E-state index in [1.54, 1.807) is 7.11 Å². The Morgan fingerprint density at radius 3 is 2.35 bits per heavy atom. The first-order valence-corrected chi connectivity index (χ1v) is 6.52. The number of benzene rings is 2. The molecule has 3 nitrogen and oxygen atoms in total. The van der Waals surface area contributed by atoms with Gasteiger partial charge in [0.25, 0.3) is 0 Å². The molecular weight excluding hydrogens is 248 g/mol. The number of anilines is 1. The van der Waals surface area contributed by atoms with Gasteiger partial charge in [0.2, 0.25) is 0 Å². The molecule has 0 bridgehead atoms. The number of aryl methyl sites for hydroxylation is 2. The lowest BCUT2D eigenvalue weighted by molar-refractivity contribution is 0.415. The fourth-order valence-electron chi connectivity index (χ4n) is 2.33. The predicted octanol–water partition coefficient (Wildman–Crippen LogP) is 3.99. The molecule has 0 saturated carbocycles. The van der Waals surface area contributed by atoms with Crippen LogP contribution in [0.15, 0.2) is 42.5 Å². The summed E-state index contributed by atoms with van der Waals surface area (Å²) >= 11 is 0. The fourth-order valence-corrected chi connectivity index (χ4v) is 2.33. The maximum Gasteiger partial charge on any atom is 0.140 e. The molecule has 0 fully saturated rings. The molecule has 1 N–H and O–H groups in total. The largest absolute Gasteiger partial charge is 0.497 e. The molecule has 3 heteroatoms. The SMILES string of the molecule is COc1cccc(NC(C#N)c2c(C)cccc2C)c1. The molecule has 20 heavy (non-hydrogen) atoms. The van der Waals surface area contributed by atoms with Crippen LogP contribution in [0.4, 0.5) is 5.69 Å². The normalized spacial score (nSPS) is 11.5. The van der Waals surface area contributed by atoms with Crippen molar-refractivity contribution in [2.45, 2.75) is 19.9 Å². The Hall–Kier alpha value is -2.47. The van der Waals surface area contributed by atoms with Crippen LogP contribution in [0.1, 0.15) is 22.7 Å². The van der Waals surface area contributed by atoms with Crippen LogP contribution in [0.2, 0.25) is 0 Å². The minimum atomic E-state index is -0.372. The molecular formula is C17H18N2O. The van der Waals surface area contributed by atoms with Gasteiger partial charge in [0.05, 0.1) is 13.2 Å². The number of methoxy groups -OCH3 is 1. The molecule has 0 amide bonds. The van der Waals surface area contributed by atoms with Crippen LogP contribution < -0.4 is 10.1 Å². The Labute approximate surface area is 119 Å². The maximum absolute atomic E-state index is 9.47. The van der Waals surface area contributed by atoms with E-state index in [0.29, 0.717) is 0 Å². The molecule has 1 atom stereocenters. The van der Waals surface area contributed by atoms with Crippen molar-refractivity contribution in [1.29, 1.82) is 5.26 Å². The third kappa shape index (κ3) is 2.92. The van der Waals surface area contributed by atoms with E-state index in [4.69, 9.17) is 4.74 Å². The third-order valence-electron chi connectivity index (χ3n) is 3.34. The second-order valence-electron chi connectivity index (χ2n) is 4.74. The van der Waals surface area contributed by atoms with Crippen LogP contribution in [0.3, 0.4) is 0 Å². The van der Waals surface area contributed by atoms with E-state index in [9.17, 15) is 5.26 Å². The van der Waals surface area contributed by atoms with Gasteiger partial charge in [0.15, 0.2) is 0 Å². The number of nitrogens with zero attached hydrogens (tertiary/aromatic N) is 1. The van der Waals surface area contributed by atoms with E-state index in [2.05, 4.69) is 11.4 Å². The average molecular weight is 266 g/mol. The van der Waals surface area contributed by atoms with Gasteiger partial charge in [-0.1, -0.05) is 24.3 Å². The Balaban J connectivity index is 2.32. The average Bonchev–Trinajstić information content (AvgIpc) is 2.46. The van der Waals surface area contributed by atoms with Crippen molar-refractivity contribution in [3.63, 3.8) is 0 Å². The summed E-state index contributed by atoms with van der Waals surface area (Å²) in [5.74, 6) is 0.771. The highest BCUT2D eigenvalue weighted by molar-refractivity contribution is 5.53. The van der Waals surface area contributed by atoms with Crippen LogP contribution >= 0.6 is 0 Å². The Bertz CT molecular complexity index is 623. The number of nitrogens with one attached hydrogen (secondary N) is 1. The summed E-state index contributed by atoms with van der Waals surface area (Å²) in [6.45, 7) is 4.06. The van der Waals surface area contributed by atoms with E-state index < -0.39 is 0 Å². The number of hydrogen-bond donors (Lipinski definition) is 1. The van der Waals surface area contributed by atoms with Crippen LogP contribution in [0, 0.1) is 25.2 Å². The van der Waals surface area contributed by atoms with E-state index in [-0.39, 0.29) is 6.04 Å². The molecule has 0 saturated heterocycles. The summed E-state index contributed by atoms with van der Waals surface area (Å²) in [4.78, 5) is 0. The van der Waals surface area contributed by atoms with Crippen LogP contribution in [0.5, 0.6) is 5.75 Å². The van der Waals surface area contributed by atoms with Gasteiger partial charge in [-0.3, -0.25) is 0 Å². The van der Waals surface area contributed by atoms with E-state index in [1.165, 1.54) is 0 Å². The first-order valence-electron chi connectivity index (χ1n) is 6.52. The van der Waals surface area contributed by atoms with Gasteiger partial charge in [-0.2, -0.15) is 5.26 Å². The summed E-state index contributed by atoms with van der Waals surface area (Å²) in [5, 5.41) is 12.7. The summed E-state index contributed by atoms with van der Waals surface area (Å²) < 4.78 is 5.20. The lowest BCUT2D eigenvalue weighted by atomic mass is 9.96. The first-order chi connectivity index (χ1) is 9.65. The molecule has 0 aliphatic carbocycles. The molecule has 0 aliphatic heterocycles. The van der Waals surface area contributed by atoms with E-state index in [0.717, 1.165) is 28.1 Å². The quantitative estimate of drug-likeness (QED) is 0.910. The van der Waals surface area contributed by atoms with Gasteiger partial charge < -0.3 is 10.1 Å². The molecule has 0 aliphatic rings. The van der Waals surface area contributed by atoms with Crippen molar-refractivity contribution >= 4 is 5.69 Å². The van der Waals surface area contributed by atoms with Crippen LogP contribution in [-0.2, 0) is 0 Å². The summed E-state index contributed by atoms with van der Waals surface area (Å²) in [5.41, 5.74) is 4.15. The Morgan fingerprint density at radius 1 is 1.10 bits per heavy atom. The van der Waals surface area contributed by atoms with Crippen molar-refractivity contribution in [1.82, 2.24) is 0 Å². The zero-order chi connectivity index (χ0) is 14.5. The van der Waals surface area contributed by atoms with Gasteiger partial charge in [-0.05, 0) is 42.7 Å². The second-order valence-corrected chi connectivity index (χ2v) is 4.74. The molecule has 2 aromatic carbocycles. The van der Waals surface area contributed by atoms with Gasteiger partial charge in [-0.15, -0.1) is 0 Å². The number of nitriles is 1. The van der Waals surface area contributed by atoms with Crippen molar-refractivity contribution in [3.05, 3.63) is 59.2 Å². The molecule has 0 heterocycles. The molecule has 1 unspecified atom stereocenters. The van der Waals surface area contributed by atoms with Crippen molar-refractivity contribution in [2.75, 3.05) is 12.4 Å². The summed E-state index contributed by atoms with van der Waals surface area (Å²) in [6, 6.07) is 15.6. The molecule has 2 rings (SSSR count).